The molecule has 0 saturated carbocycles. The summed E-state index contributed by atoms with van der Waals surface area (Å²) in [4.78, 5) is 12.1. The number of piperidine rings is 1. The third-order valence-electron chi connectivity index (χ3n) is 3.44. The van der Waals surface area contributed by atoms with E-state index in [1.165, 1.54) is 12.8 Å². The Morgan fingerprint density at radius 2 is 2.12 bits per heavy atom. The molecule has 1 fully saturated rings. The summed E-state index contributed by atoms with van der Waals surface area (Å²) in [6.45, 7) is 1.02. The van der Waals surface area contributed by atoms with Gasteiger partial charge in [-0.05, 0) is 24.9 Å². The van der Waals surface area contributed by atoms with Crippen LogP contribution in [0.1, 0.15) is 30.7 Å². The zero-order chi connectivity index (χ0) is 12.1. The second kappa shape index (κ2) is 5.82. The molecular weight excluding hydrogens is 212 g/mol. The van der Waals surface area contributed by atoms with Gasteiger partial charge < -0.3 is 10.6 Å². The van der Waals surface area contributed by atoms with Crippen molar-refractivity contribution in [3.8, 4) is 0 Å². The van der Waals surface area contributed by atoms with Crippen LogP contribution in [0.4, 0.5) is 0 Å². The summed E-state index contributed by atoms with van der Waals surface area (Å²) in [5, 5.41) is 6.25. The molecule has 2 atom stereocenters. The lowest BCUT2D eigenvalue weighted by molar-refractivity contribution is -0.122. The maximum atomic E-state index is 12.1. The second-order valence-corrected chi connectivity index (χ2v) is 4.56. The van der Waals surface area contributed by atoms with Crippen molar-refractivity contribution >= 4 is 5.91 Å². The number of nitrogens with one attached hydrogen (secondary N) is 2. The molecule has 2 N–H and O–H groups in total. The van der Waals surface area contributed by atoms with E-state index in [1.807, 2.05) is 30.3 Å². The summed E-state index contributed by atoms with van der Waals surface area (Å²) >= 11 is 0. The van der Waals surface area contributed by atoms with E-state index in [1.54, 1.807) is 7.05 Å². The predicted octanol–water partition coefficient (Wildman–Crippen LogP) is 1.66. The molecule has 1 heterocycles. The standard InChI is InChI=1S/C14H20N2O/c1-15-14(17)13(11-7-3-2-4-8-11)12-9-5-6-10-16-12/h2-4,7-8,12-13,16H,5-6,9-10H2,1H3,(H,15,17)/t12-,13-/m0/s1. The average Bonchev–Trinajstić information content (AvgIpc) is 2.41. The minimum Gasteiger partial charge on any atom is -0.359 e. The van der Waals surface area contributed by atoms with Crippen LogP contribution in [0.15, 0.2) is 30.3 Å². The first-order valence-corrected chi connectivity index (χ1v) is 6.33. The number of hydrogen-bond donors (Lipinski definition) is 2. The van der Waals surface area contributed by atoms with E-state index in [0.717, 1.165) is 18.5 Å². The van der Waals surface area contributed by atoms with Crippen molar-refractivity contribution in [2.24, 2.45) is 0 Å². The van der Waals surface area contributed by atoms with Crippen LogP contribution in [0.2, 0.25) is 0 Å². The number of carbonyl (C=O) groups excluding carboxylic acids is 1. The fourth-order valence-corrected chi connectivity index (χ4v) is 2.55. The summed E-state index contributed by atoms with van der Waals surface area (Å²) in [5.41, 5.74) is 1.10. The Kier molecular flexibility index (Phi) is 4.15. The van der Waals surface area contributed by atoms with Gasteiger partial charge >= 0.3 is 0 Å². The van der Waals surface area contributed by atoms with Gasteiger partial charge in [-0.3, -0.25) is 4.79 Å². The fourth-order valence-electron chi connectivity index (χ4n) is 2.55. The molecular formula is C14H20N2O. The minimum atomic E-state index is -0.0681. The fraction of sp³-hybridized carbons (Fsp3) is 0.500. The van der Waals surface area contributed by atoms with Gasteiger partial charge in [0, 0.05) is 13.1 Å². The molecule has 1 aromatic carbocycles. The molecule has 17 heavy (non-hydrogen) atoms. The van der Waals surface area contributed by atoms with Gasteiger partial charge in [0.05, 0.1) is 5.92 Å². The molecule has 92 valence electrons. The van der Waals surface area contributed by atoms with Gasteiger partial charge in [0.1, 0.15) is 0 Å². The summed E-state index contributed by atoms with van der Waals surface area (Å²) in [6, 6.07) is 10.3. The molecule has 0 unspecified atom stereocenters. The number of likely N-dealkylation sites (N-methyl/N-ethyl adjacent to an activating group) is 1. The Hall–Kier alpha value is -1.35. The van der Waals surface area contributed by atoms with Crippen molar-refractivity contribution in [3.05, 3.63) is 35.9 Å². The van der Waals surface area contributed by atoms with E-state index in [0.29, 0.717) is 0 Å². The maximum Gasteiger partial charge on any atom is 0.228 e. The lowest BCUT2D eigenvalue weighted by Gasteiger charge is -2.30. The Bertz CT molecular complexity index is 358. The average molecular weight is 232 g/mol. The molecule has 1 aliphatic heterocycles. The van der Waals surface area contributed by atoms with E-state index in [9.17, 15) is 4.79 Å². The normalized spacial score (nSPS) is 21.8. The molecule has 0 aliphatic carbocycles. The summed E-state index contributed by atoms with van der Waals surface area (Å²) in [7, 11) is 1.71. The van der Waals surface area contributed by atoms with Crippen molar-refractivity contribution in [1.29, 1.82) is 0 Å². The van der Waals surface area contributed by atoms with E-state index >= 15 is 0 Å². The van der Waals surface area contributed by atoms with Crippen LogP contribution in [0, 0.1) is 0 Å². The van der Waals surface area contributed by atoms with Gasteiger partial charge in [0.25, 0.3) is 0 Å². The summed E-state index contributed by atoms with van der Waals surface area (Å²) < 4.78 is 0. The molecule has 2 rings (SSSR count). The van der Waals surface area contributed by atoms with Gasteiger partial charge in [-0.2, -0.15) is 0 Å². The topological polar surface area (TPSA) is 41.1 Å². The van der Waals surface area contributed by atoms with Crippen molar-refractivity contribution in [1.82, 2.24) is 10.6 Å². The second-order valence-electron chi connectivity index (χ2n) is 4.56. The van der Waals surface area contributed by atoms with Crippen LogP contribution in [-0.4, -0.2) is 25.5 Å². The summed E-state index contributed by atoms with van der Waals surface area (Å²) in [6.07, 6.45) is 3.50. The molecule has 1 aromatic rings. The molecule has 0 aromatic heterocycles. The van der Waals surface area contributed by atoms with Crippen LogP contribution >= 0.6 is 0 Å². The third-order valence-corrected chi connectivity index (χ3v) is 3.44. The number of benzene rings is 1. The van der Waals surface area contributed by atoms with Gasteiger partial charge in [0.2, 0.25) is 5.91 Å². The van der Waals surface area contributed by atoms with Crippen molar-refractivity contribution in [3.63, 3.8) is 0 Å². The Balaban J connectivity index is 2.21. The third kappa shape index (κ3) is 2.86. The number of amides is 1. The molecule has 1 saturated heterocycles. The van der Waals surface area contributed by atoms with E-state index in [4.69, 9.17) is 0 Å². The van der Waals surface area contributed by atoms with Crippen LogP contribution < -0.4 is 10.6 Å². The van der Waals surface area contributed by atoms with Crippen molar-refractivity contribution in [2.45, 2.75) is 31.2 Å². The minimum absolute atomic E-state index is 0.0681. The first kappa shape index (κ1) is 12.1. The Morgan fingerprint density at radius 1 is 1.35 bits per heavy atom. The largest absolute Gasteiger partial charge is 0.359 e. The molecule has 3 nitrogen and oxygen atoms in total. The first-order chi connectivity index (χ1) is 8.33. The predicted molar refractivity (Wildman–Crippen MR) is 68.9 cm³/mol. The number of carbonyl (C=O) groups is 1. The molecule has 3 heteroatoms. The lowest BCUT2D eigenvalue weighted by atomic mass is 9.86. The van der Waals surface area contributed by atoms with Crippen LogP contribution in [0.5, 0.6) is 0 Å². The number of hydrogen-bond acceptors (Lipinski definition) is 2. The van der Waals surface area contributed by atoms with Crippen LogP contribution in [0.3, 0.4) is 0 Å². The van der Waals surface area contributed by atoms with E-state index < -0.39 is 0 Å². The molecule has 0 spiro atoms. The van der Waals surface area contributed by atoms with Crippen LogP contribution in [-0.2, 0) is 4.79 Å². The summed E-state index contributed by atoms with van der Waals surface area (Å²) in [5.74, 6) is 0.0390. The monoisotopic (exact) mass is 232 g/mol. The number of rotatable bonds is 3. The highest BCUT2D eigenvalue weighted by Gasteiger charge is 2.29. The quantitative estimate of drug-likeness (QED) is 0.832. The molecule has 0 radical (unpaired) electrons. The highest BCUT2D eigenvalue weighted by atomic mass is 16.1. The zero-order valence-corrected chi connectivity index (χ0v) is 10.3. The Morgan fingerprint density at radius 3 is 2.71 bits per heavy atom. The van der Waals surface area contributed by atoms with Crippen molar-refractivity contribution in [2.75, 3.05) is 13.6 Å². The smallest absolute Gasteiger partial charge is 0.228 e. The first-order valence-electron chi connectivity index (χ1n) is 6.33. The highest BCUT2D eigenvalue weighted by Crippen LogP contribution is 2.25. The highest BCUT2D eigenvalue weighted by molar-refractivity contribution is 5.84. The van der Waals surface area contributed by atoms with E-state index in [-0.39, 0.29) is 17.9 Å². The SMILES string of the molecule is CNC(=O)[C@@H](c1ccccc1)[C@@H]1CCCCN1. The van der Waals surface area contributed by atoms with Gasteiger partial charge in [-0.15, -0.1) is 0 Å². The Labute approximate surface area is 103 Å². The molecule has 1 aliphatic rings. The van der Waals surface area contributed by atoms with Gasteiger partial charge in [-0.25, -0.2) is 0 Å². The maximum absolute atomic E-state index is 12.1. The molecule has 1 amide bonds. The van der Waals surface area contributed by atoms with Gasteiger partial charge in [-0.1, -0.05) is 36.8 Å². The van der Waals surface area contributed by atoms with Crippen molar-refractivity contribution < 1.29 is 4.79 Å². The zero-order valence-electron chi connectivity index (χ0n) is 10.3. The molecule has 0 bridgehead atoms. The van der Waals surface area contributed by atoms with Gasteiger partial charge in [0.15, 0.2) is 0 Å². The van der Waals surface area contributed by atoms with Crippen LogP contribution in [0.25, 0.3) is 0 Å². The van der Waals surface area contributed by atoms with E-state index in [2.05, 4.69) is 10.6 Å². The lowest BCUT2D eigenvalue weighted by Crippen LogP contribution is -2.44.